The molecule has 0 unspecified atom stereocenters. The predicted octanol–water partition coefficient (Wildman–Crippen LogP) is 6.79. The smallest absolute Gasteiger partial charge is 0.350 e. The van der Waals surface area contributed by atoms with Crippen LogP contribution in [0, 0.1) is 6.92 Å². The Hall–Kier alpha value is -1.84. The van der Waals surface area contributed by atoms with E-state index in [0.29, 0.717) is 17.2 Å². The molecule has 1 fully saturated rings. The van der Waals surface area contributed by atoms with Gasteiger partial charge in [0, 0.05) is 7.26 Å². The van der Waals surface area contributed by atoms with Crippen LogP contribution in [0.1, 0.15) is 53.4 Å². The van der Waals surface area contributed by atoms with Gasteiger partial charge < -0.3 is 15.2 Å². The van der Waals surface area contributed by atoms with Crippen molar-refractivity contribution < 1.29 is 14.6 Å². The molecule has 0 atom stereocenters. The molecule has 0 saturated carbocycles. The Morgan fingerprint density at radius 3 is 2.55 bits per heavy atom. The maximum absolute atomic E-state index is 12.3. The quantitative estimate of drug-likeness (QED) is 0.287. The van der Waals surface area contributed by atoms with Gasteiger partial charge in [-0.05, 0) is 56.0 Å². The molecule has 0 bridgehead atoms. The number of ether oxygens (including phenoxy) is 1. The normalized spacial score (nSPS) is 16.8. The monoisotopic (exact) mass is 432 g/mol. The lowest BCUT2D eigenvalue weighted by molar-refractivity contribution is 0.0533. The number of rotatable bonds is 7. The van der Waals surface area contributed by atoms with E-state index in [9.17, 15) is 9.90 Å². The molecule has 6 heteroatoms. The summed E-state index contributed by atoms with van der Waals surface area (Å²) in [5.41, 5.74) is 2.94. The van der Waals surface area contributed by atoms with Crippen LogP contribution in [0.3, 0.4) is 0 Å². The van der Waals surface area contributed by atoms with E-state index in [2.05, 4.69) is 35.4 Å². The highest BCUT2D eigenvalue weighted by Gasteiger charge is 2.37. The number of anilines is 1. The molecule has 4 nitrogen and oxygen atoms in total. The third-order valence-corrected chi connectivity index (χ3v) is 10.7. The summed E-state index contributed by atoms with van der Waals surface area (Å²) in [5, 5.41) is 15.9. The van der Waals surface area contributed by atoms with Gasteiger partial charge in [-0.15, -0.1) is 11.3 Å². The van der Waals surface area contributed by atoms with Gasteiger partial charge in [-0.25, -0.2) is 4.79 Å². The molecule has 0 spiro atoms. The third-order valence-electron chi connectivity index (χ3n) is 5.38. The number of nitrogens with one attached hydrogen (secondary N) is 1. The first kappa shape index (κ1) is 21.9. The summed E-state index contributed by atoms with van der Waals surface area (Å²) in [4.78, 5) is 12.8. The zero-order valence-electron chi connectivity index (χ0n) is 17.3. The van der Waals surface area contributed by atoms with Crippen LogP contribution in [0.15, 0.2) is 47.4 Å². The number of carbonyl (C=O) groups excluding carboxylic acids is 1. The molecule has 29 heavy (non-hydrogen) atoms. The van der Waals surface area contributed by atoms with Gasteiger partial charge in [0.1, 0.15) is 10.7 Å². The Labute approximate surface area is 178 Å². The average Bonchev–Trinajstić information content (AvgIpc) is 2.91. The fraction of sp³-hybridized carbons (Fsp3) is 0.435. The van der Waals surface area contributed by atoms with E-state index in [1.165, 1.54) is 54.9 Å². The van der Waals surface area contributed by atoms with E-state index in [4.69, 9.17) is 4.74 Å². The van der Waals surface area contributed by atoms with Gasteiger partial charge >= 0.3 is 5.97 Å². The summed E-state index contributed by atoms with van der Waals surface area (Å²) < 4.78 is 5.17. The van der Waals surface area contributed by atoms with Crippen molar-refractivity contribution in [2.24, 2.45) is 0 Å². The molecular formula is C23H31NO3PS+. The summed E-state index contributed by atoms with van der Waals surface area (Å²) in [6.07, 6.45) is 8.34. The number of thiophene rings is 1. The highest BCUT2D eigenvalue weighted by molar-refractivity contribution is 7.78. The molecule has 0 radical (unpaired) electrons. The van der Waals surface area contributed by atoms with Crippen molar-refractivity contribution in [1.82, 2.24) is 0 Å². The Morgan fingerprint density at radius 2 is 1.90 bits per heavy atom. The Kier molecular flexibility index (Phi) is 7.74. The molecule has 1 aliphatic rings. The fourth-order valence-electron chi connectivity index (χ4n) is 3.96. The first-order chi connectivity index (χ1) is 14.0. The summed E-state index contributed by atoms with van der Waals surface area (Å²) in [5.74, 6) is 1.93. The molecule has 0 amide bonds. The number of esters is 1. The number of aryl methyl sites for hydroxylation is 1. The first-order valence-corrected chi connectivity index (χ1v) is 13.7. The van der Waals surface area contributed by atoms with E-state index < -0.39 is 7.26 Å². The Bertz CT molecular complexity index is 839. The van der Waals surface area contributed by atoms with Crippen LogP contribution in [0.4, 0.5) is 5.69 Å². The molecule has 0 aliphatic carbocycles. The molecule has 1 aromatic heterocycles. The molecule has 1 aliphatic heterocycles. The predicted molar refractivity (Wildman–Crippen MR) is 125 cm³/mol. The van der Waals surface area contributed by atoms with Crippen LogP contribution in [-0.2, 0) is 10.9 Å². The lowest BCUT2D eigenvalue weighted by atomic mass is 10.2. The van der Waals surface area contributed by atoms with E-state index in [0.717, 1.165) is 11.7 Å². The lowest BCUT2D eigenvalue weighted by Crippen LogP contribution is -2.10. The van der Waals surface area contributed by atoms with Crippen LogP contribution < -0.4 is 5.32 Å². The summed E-state index contributed by atoms with van der Waals surface area (Å²) in [6.45, 7) is 4.07. The largest absolute Gasteiger partial charge is 0.492 e. The van der Waals surface area contributed by atoms with Crippen molar-refractivity contribution in [2.75, 3.05) is 24.2 Å². The highest BCUT2D eigenvalue weighted by atomic mass is 32.1. The molecule has 2 heterocycles. The second kappa shape index (κ2) is 10.3. The topological polar surface area (TPSA) is 58.6 Å². The third kappa shape index (κ3) is 5.83. The van der Waals surface area contributed by atoms with E-state index >= 15 is 0 Å². The summed E-state index contributed by atoms with van der Waals surface area (Å²) in [7, 11) is -1.48. The molecule has 156 valence electrons. The molecule has 2 aromatic rings. The minimum Gasteiger partial charge on any atom is -0.492 e. The van der Waals surface area contributed by atoms with Crippen molar-refractivity contribution in [3.8, 4) is 0 Å². The number of hydrogen-bond acceptors (Lipinski definition) is 5. The maximum atomic E-state index is 12.3. The summed E-state index contributed by atoms with van der Waals surface area (Å²) in [6, 6.07) is 10.6. The van der Waals surface area contributed by atoms with Gasteiger partial charge in [0.05, 0.1) is 30.8 Å². The molecular weight excluding hydrogens is 401 g/mol. The Balaban J connectivity index is 1.86. The van der Waals surface area contributed by atoms with Crippen molar-refractivity contribution >= 4 is 30.3 Å². The van der Waals surface area contributed by atoms with Gasteiger partial charge in [0.15, 0.2) is 0 Å². The average molecular weight is 433 g/mol. The zero-order valence-corrected chi connectivity index (χ0v) is 19.0. The number of aliphatic hydroxyl groups excluding tert-OH is 1. The number of benzene rings is 1. The zero-order chi connectivity index (χ0) is 20.7. The van der Waals surface area contributed by atoms with Crippen LogP contribution in [0.5, 0.6) is 0 Å². The first-order valence-electron chi connectivity index (χ1n) is 10.4. The van der Waals surface area contributed by atoms with Crippen molar-refractivity contribution in [3.63, 3.8) is 0 Å². The van der Waals surface area contributed by atoms with Crippen LogP contribution >= 0.6 is 18.6 Å². The van der Waals surface area contributed by atoms with Crippen LogP contribution in [0.25, 0.3) is 0 Å². The van der Waals surface area contributed by atoms with Gasteiger partial charge in [0.25, 0.3) is 0 Å². The SMILES string of the molecule is CCOC(=O)c1scc(C)c1N/C(O)=C\[P+]1(Cc2ccccc2)CCCCCC1. The van der Waals surface area contributed by atoms with Crippen molar-refractivity contribution in [2.45, 2.75) is 45.7 Å². The standard InChI is InChI=1S/C23H30NO3PS/c1-3-27-23(26)22-21(18(2)17-29-22)24-20(25)16-28(13-9-4-5-10-14-28)15-19-11-7-6-8-12-19/h6-8,11-12,16-17H,3-5,9-10,13-15H2,1-2H3,(H-,24,25,26)/p+1/b20-16+. The molecule has 1 aromatic carbocycles. The second-order valence-electron chi connectivity index (χ2n) is 7.71. The number of hydrogen-bond donors (Lipinski definition) is 2. The van der Waals surface area contributed by atoms with Crippen molar-refractivity contribution in [3.05, 3.63) is 63.4 Å². The van der Waals surface area contributed by atoms with Gasteiger partial charge in [-0.3, -0.25) is 0 Å². The van der Waals surface area contributed by atoms with Gasteiger partial charge in [-0.1, -0.05) is 30.3 Å². The van der Waals surface area contributed by atoms with Gasteiger partial charge in [-0.2, -0.15) is 0 Å². The van der Waals surface area contributed by atoms with Crippen LogP contribution in [-0.4, -0.2) is 30.0 Å². The maximum Gasteiger partial charge on any atom is 0.350 e. The van der Waals surface area contributed by atoms with Gasteiger partial charge in [0.2, 0.25) is 5.88 Å². The fourth-order valence-corrected chi connectivity index (χ4v) is 8.98. The minimum absolute atomic E-state index is 0.170. The lowest BCUT2D eigenvalue weighted by Gasteiger charge is -2.23. The van der Waals surface area contributed by atoms with E-state index in [1.807, 2.05) is 18.4 Å². The number of carbonyl (C=O) groups is 1. The second-order valence-corrected chi connectivity index (χ2v) is 12.5. The number of aliphatic hydroxyl groups is 1. The molecule has 2 N–H and O–H groups in total. The summed E-state index contributed by atoms with van der Waals surface area (Å²) >= 11 is 1.35. The minimum atomic E-state index is -1.48. The van der Waals surface area contributed by atoms with Crippen LogP contribution in [0.2, 0.25) is 0 Å². The highest BCUT2D eigenvalue weighted by Crippen LogP contribution is 2.65. The Morgan fingerprint density at radius 1 is 1.21 bits per heavy atom. The molecule has 1 saturated heterocycles. The molecule has 3 rings (SSSR count). The van der Waals surface area contributed by atoms with E-state index in [-0.39, 0.29) is 11.9 Å². The van der Waals surface area contributed by atoms with Crippen molar-refractivity contribution in [1.29, 1.82) is 0 Å². The van der Waals surface area contributed by atoms with E-state index in [1.54, 1.807) is 6.92 Å².